The van der Waals surface area contributed by atoms with E-state index in [2.05, 4.69) is 35.7 Å². The van der Waals surface area contributed by atoms with Crippen molar-refractivity contribution in [2.24, 2.45) is 11.8 Å². The Labute approximate surface area is 305 Å². The maximum atomic E-state index is 13.3. The van der Waals surface area contributed by atoms with Crippen molar-refractivity contribution in [3.8, 4) is 10.4 Å². The minimum atomic E-state index is -0.822. The molecule has 4 unspecified atom stereocenters. The lowest BCUT2D eigenvalue weighted by Gasteiger charge is -2.30. The maximum absolute atomic E-state index is 13.3. The second-order valence-electron chi connectivity index (χ2n) is 13.6. The summed E-state index contributed by atoms with van der Waals surface area (Å²) in [4.78, 5) is 86.1. The molecule has 5 rings (SSSR count). The first-order valence-electron chi connectivity index (χ1n) is 17.3. The van der Waals surface area contributed by atoms with Gasteiger partial charge in [-0.15, -0.1) is 0 Å². The maximum Gasteiger partial charge on any atom is 0.407 e. The van der Waals surface area contributed by atoms with Gasteiger partial charge in [-0.05, 0) is 55.2 Å². The van der Waals surface area contributed by atoms with Crippen LogP contribution in [-0.4, -0.2) is 106 Å². The molecule has 2 saturated heterocycles. The molecule has 16 nitrogen and oxygen atoms in total. The number of hydrogen-bond donors (Lipinski definition) is 4. The van der Waals surface area contributed by atoms with Crippen molar-refractivity contribution in [3.63, 3.8) is 0 Å². The fourth-order valence-electron chi connectivity index (χ4n) is 6.50. The summed E-state index contributed by atoms with van der Waals surface area (Å²) in [5.74, 6) is -1.35. The molecule has 2 aromatic heterocycles. The number of benzene rings is 1. The van der Waals surface area contributed by atoms with Crippen LogP contribution in [-0.2, 0) is 28.7 Å². The Hall–Kier alpha value is -5.19. The summed E-state index contributed by atoms with van der Waals surface area (Å²) in [7, 11) is 2.47. The Morgan fingerprint density at radius 1 is 0.750 bits per heavy atom. The summed E-state index contributed by atoms with van der Waals surface area (Å²) < 4.78 is 11.2. The van der Waals surface area contributed by atoms with Gasteiger partial charge < -0.3 is 40.5 Å². The largest absolute Gasteiger partial charge is 0.453 e. The zero-order valence-corrected chi connectivity index (χ0v) is 31.0. The van der Waals surface area contributed by atoms with Gasteiger partial charge in [0, 0.05) is 25.0 Å². The normalized spacial score (nSPS) is 18.3. The van der Waals surface area contributed by atoms with E-state index < -0.39 is 36.4 Å². The number of imidazole rings is 1. The second kappa shape index (κ2) is 16.4. The van der Waals surface area contributed by atoms with Gasteiger partial charge in [0.2, 0.25) is 23.6 Å². The summed E-state index contributed by atoms with van der Waals surface area (Å²) in [5, 5.41) is 10.9. The smallest absolute Gasteiger partial charge is 0.407 e. The predicted octanol–water partition coefficient (Wildman–Crippen LogP) is 3.68. The Morgan fingerprint density at radius 3 is 1.71 bits per heavy atom. The molecule has 280 valence electrons. The third kappa shape index (κ3) is 8.46. The molecule has 0 radical (unpaired) electrons. The summed E-state index contributed by atoms with van der Waals surface area (Å²) in [6.07, 6.45) is 4.53. The summed E-state index contributed by atoms with van der Waals surface area (Å²) in [5.41, 5.74) is 1.47. The van der Waals surface area contributed by atoms with Gasteiger partial charge in [0.15, 0.2) is 10.8 Å². The number of ether oxygens (including phenoxy) is 2. The Morgan fingerprint density at radius 2 is 1.25 bits per heavy atom. The van der Waals surface area contributed by atoms with Gasteiger partial charge in [0.05, 0.1) is 25.3 Å². The first kappa shape index (κ1) is 38.1. The molecule has 3 aromatic rings. The van der Waals surface area contributed by atoms with Crippen LogP contribution in [0.2, 0.25) is 0 Å². The molecule has 4 atom stereocenters. The first-order chi connectivity index (χ1) is 24.8. The zero-order valence-electron chi connectivity index (χ0n) is 30.1. The SMILES string of the molecule is COC(=O)NC(C(=O)N1CCCC1C(=O)Nc1ccc(-c2cn3cc(NC(=O)C4CCCN4C(=O)C(NC(=O)OC)C(C)C)nc3s2)cc1)C(C)C. The molecule has 4 heterocycles. The molecule has 2 aliphatic heterocycles. The number of nitrogens with zero attached hydrogens (tertiary/aromatic N) is 4. The van der Waals surface area contributed by atoms with Gasteiger partial charge in [0.1, 0.15) is 24.2 Å². The van der Waals surface area contributed by atoms with Crippen LogP contribution in [0.25, 0.3) is 15.4 Å². The number of thiazole rings is 1. The third-order valence-corrected chi connectivity index (χ3v) is 10.3. The second-order valence-corrected chi connectivity index (χ2v) is 14.6. The number of methoxy groups -OCH3 is 2. The van der Waals surface area contributed by atoms with Crippen molar-refractivity contribution in [2.75, 3.05) is 37.9 Å². The molecule has 2 fully saturated rings. The van der Waals surface area contributed by atoms with Crippen molar-refractivity contribution >= 4 is 63.6 Å². The van der Waals surface area contributed by atoms with Crippen LogP contribution in [0, 0.1) is 11.8 Å². The highest BCUT2D eigenvalue weighted by atomic mass is 32.1. The van der Waals surface area contributed by atoms with Crippen molar-refractivity contribution in [3.05, 3.63) is 36.7 Å². The number of hydrogen-bond acceptors (Lipinski definition) is 10. The number of amides is 6. The molecule has 0 aliphatic carbocycles. The molecule has 52 heavy (non-hydrogen) atoms. The highest BCUT2D eigenvalue weighted by Gasteiger charge is 2.40. The molecule has 17 heteroatoms. The van der Waals surface area contributed by atoms with E-state index in [1.54, 1.807) is 18.3 Å². The van der Waals surface area contributed by atoms with Gasteiger partial charge in [-0.3, -0.25) is 23.6 Å². The fourth-order valence-corrected chi connectivity index (χ4v) is 7.48. The number of fused-ring (bicyclic) bond motifs is 1. The van der Waals surface area contributed by atoms with Crippen LogP contribution < -0.4 is 21.3 Å². The van der Waals surface area contributed by atoms with Crippen LogP contribution in [0.1, 0.15) is 53.4 Å². The number of alkyl carbamates (subject to hydrolysis) is 2. The van der Waals surface area contributed by atoms with E-state index >= 15 is 0 Å². The van der Waals surface area contributed by atoms with E-state index in [1.807, 2.05) is 50.4 Å². The summed E-state index contributed by atoms with van der Waals surface area (Å²) in [6, 6.07) is 4.34. The molecule has 2 aliphatic rings. The van der Waals surface area contributed by atoms with Gasteiger partial charge in [-0.2, -0.15) is 0 Å². The lowest BCUT2D eigenvalue weighted by molar-refractivity contribution is -0.139. The number of aromatic nitrogens is 2. The predicted molar refractivity (Wildman–Crippen MR) is 194 cm³/mol. The van der Waals surface area contributed by atoms with Crippen molar-refractivity contribution in [1.82, 2.24) is 29.8 Å². The van der Waals surface area contributed by atoms with Crippen molar-refractivity contribution in [2.45, 2.75) is 77.5 Å². The number of likely N-dealkylation sites (tertiary alicyclic amines) is 2. The van der Waals surface area contributed by atoms with Crippen LogP contribution in [0.4, 0.5) is 21.1 Å². The van der Waals surface area contributed by atoms with Gasteiger partial charge in [-0.1, -0.05) is 51.2 Å². The monoisotopic (exact) mass is 738 g/mol. The number of anilines is 2. The molecule has 1 aromatic carbocycles. The molecular formula is C35H46N8O8S. The molecular weight excluding hydrogens is 692 g/mol. The lowest BCUT2D eigenvalue weighted by atomic mass is 10.0. The Bertz CT molecular complexity index is 1770. The number of carbonyl (C=O) groups excluding carboxylic acids is 6. The number of carbonyl (C=O) groups is 6. The van der Waals surface area contributed by atoms with E-state index in [1.165, 1.54) is 35.4 Å². The van der Waals surface area contributed by atoms with Crippen LogP contribution >= 0.6 is 11.3 Å². The standard InChI is InChI=1S/C35H46N8O8S/c1-19(2)27(39-34(48)50-5)31(46)42-15-7-9-23(42)29(44)36-22-13-11-21(12-14-22)25-17-41-18-26(38-33(41)52-25)37-30(45)24-10-8-16-43(24)32(47)28(20(3)4)40-35(49)51-6/h11-14,17-20,23-24,27-28H,7-10,15-16H2,1-6H3,(H,36,44)(H,37,45)(H,39,48)(H,40,49). The minimum absolute atomic E-state index is 0.198. The average molecular weight is 739 g/mol. The molecule has 0 bridgehead atoms. The molecule has 0 spiro atoms. The molecule has 4 N–H and O–H groups in total. The van der Waals surface area contributed by atoms with Crippen molar-refractivity contribution < 1.29 is 38.2 Å². The lowest BCUT2D eigenvalue weighted by Crippen LogP contribution is -2.54. The minimum Gasteiger partial charge on any atom is -0.453 e. The Kier molecular flexibility index (Phi) is 12.0. The quantitative estimate of drug-likeness (QED) is 0.227. The Balaban J connectivity index is 1.19. The van der Waals surface area contributed by atoms with Gasteiger partial charge in [-0.25, -0.2) is 14.6 Å². The van der Waals surface area contributed by atoms with Crippen molar-refractivity contribution in [1.29, 1.82) is 0 Å². The van der Waals surface area contributed by atoms with Crippen LogP contribution in [0.15, 0.2) is 36.7 Å². The van der Waals surface area contributed by atoms with E-state index in [0.717, 1.165) is 10.4 Å². The fraction of sp³-hybridized carbons (Fsp3) is 0.514. The van der Waals surface area contributed by atoms with Gasteiger partial charge >= 0.3 is 12.2 Å². The van der Waals surface area contributed by atoms with Gasteiger partial charge in [0.25, 0.3) is 0 Å². The van der Waals surface area contributed by atoms with E-state index in [0.29, 0.717) is 55.2 Å². The van der Waals surface area contributed by atoms with Crippen LogP contribution in [0.5, 0.6) is 0 Å². The van der Waals surface area contributed by atoms with E-state index in [4.69, 9.17) is 0 Å². The molecule has 0 saturated carbocycles. The average Bonchev–Trinajstić information content (AvgIpc) is 3.93. The number of nitrogens with one attached hydrogen (secondary N) is 4. The highest BCUT2D eigenvalue weighted by Crippen LogP contribution is 2.31. The molecule has 6 amide bonds. The first-order valence-corrected chi connectivity index (χ1v) is 18.1. The van der Waals surface area contributed by atoms with Crippen LogP contribution in [0.3, 0.4) is 0 Å². The number of rotatable bonds is 11. The highest BCUT2D eigenvalue weighted by molar-refractivity contribution is 7.20. The summed E-state index contributed by atoms with van der Waals surface area (Å²) in [6.45, 7) is 8.09. The third-order valence-electron chi connectivity index (χ3n) is 9.30. The summed E-state index contributed by atoms with van der Waals surface area (Å²) >= 11 is 1.42. The topological polar surface area (TPSA) is 193 Å². The van der Waals surface area contributed by atoms with E-state index in [-0.39, 0.29) is 35.5 Å². The zero-order chi connectivity index (χ0) is 37.7. The van der Waals surface area contributed by atoms with E-state index in [9.17, 15) is 28.8 Å².